The van der Waals surface area contributed by atoms with Gasteiger partial charge in [-0.05, 0) is 25.3 Å². The summed E-state index contributed by atoms with van der Waals surface area (Å²) in [4.78, 5) is 11.7. The Kier molecular flexibility index (Phi) is 5.40. The Morgan fingerprint density at radius 1 is 1.32 bits per heavy atom. The van der Waals surface area contributed by atoms with Crippen molar-refractivity contribution in [3.8, 4) is 0 Å². The van der Waals surface area contributed by atoms with Gasteiger partial charge in [-0.1, -0.05) is 42.7 Å². The van der Waals surface area contributed by atoms with Crippen molar-refractivity contribution in [3.05, 3.63) is 35.4 Å². The summed E-state index contributed by atoms with van der Waals surface area (Å²) < 4.78 is 0. The minimum Gasteiger partial charge on any atom is -0.353 e. The number of rotatable bonds is 6. The highest BCUT2D eigenvalue weighted by molar-refractivity contribution is 5.76. The molecular formula is C16H24N2O. The molecule has 3 heteroatoms. The molecule has 0 unspecified atom stereocenters. The van der Waals surface area contributed by atoms with Gasteiger partial charge in [0, 0.05) is 25.6 Å². The average Bonchev–Trinajstić information content (AvgIpc) is 2.87. The molecule has 0 saturated heterocycles. The molecule has 0 aliphatic heterocycles. The summed E-state index contributed by atoms with van der Waals surface area (Å²) in [5, 5.41) is 6.43. The van der Waals surface area contributed by atoms with Crippen LogP contribution < -0.4 is 10.6 Å². The first-order chi connectivity index (χ1) is 9.24. The maximum Gasteiger partial charge on any atom is 0.221 e. The smallest absolute Gasteiger partial charge is 0.221 e. The van der Waals surface area contributed by atoms with Crippen molar-refractivity contribution in [2.24, 2.45) is 0 Å². The van der Waals surface area contributed by atoms with Crippen LogP contribution in [0.4, 0.5) is 0 Å². The predicted octanol–water partition coefficient (Wildman–Crippen LogP) is 2.53. The van der Waals surface area contributed by atoms with E-state index < -0.39 is 0 Å². The van der Waals surface area contributed by atoms with Gasteiger partial charge in [0.2, 0.25) is 5.91 Å². The van der Waals surface area contributed by atoms with Crippen molar-refractivity contribution >= 4 is 5.91 Å². The molecular weight excluding hydrogens is 236 g/mol. The largest absolute Gasteiger partial charge is 0.353 e. The quantitative estimate of drug-likeness (QED) is 0.772. The molecule has 104 valence electrons. The Labute approximate surface area is 115 Å². The highest BCUT2D eigenvalue weighted by Crippen LogP contribution is 2.17. The zero-order chi connectivity index (χ0) is 13.5. The zero-order valence-electron chi connectivity index (χ0n) is 11.7. The van der Waals surface area contributed by atoms with Crippen LogP contribution >= 0.6 is 0 Å². The highest BCUT2D eigenvalue weighted by Gasteiger charge is 2.16. The minimum atomic E-state index is 0.184. The molecule has 0 atom stereocenters. The number of benzene rings is 1. The lowest BCUT2D eigenvalue weighted by Crippen LogP contribution is -2.34. The lowest BCUT2D eigenvalue weighted by atomic mass is 10.1. The van der Waals surface area contributed by atoms with Gasteiger partial charge in [-0.2, -0.15) is 0 Å². The first-order valence-corrected chi connectivity index (χ1v) is 7.29. The molecule has 1 aromatic rings. The third kappa shape index (κ3) is 5.03. The zero-order valence-corrected chi connectivity index (χ0v) is 11.7. The van der Waals surface area contributed by atoms with E-state index in [-0.39, 0.29) is 5.91 Å². The number of hydrogen-bond acceptors (Lipinski definition) is 2. The van der Waals surface area contributed by atoms with E-state index in [1.54, 1.807) is 0 Å². The van der Waals surface area contributed by atoms with Gasteiger partial charge in [0.1, 0.15) is 0 Å². The molecule has 19 heavy (non-hydrogen) atoms. The summed E-state index contributed by atoms with van der Waals surface area (Å²) >= 11 is 0. The van der Waals surface area contributed by atoms with Crippen molar-refractivity contribution in [1.29, 1.82) is 0 Å². The summed E-state index contributed by atoms with van der Waals surface area (Å²) in [6, 6.07) is 8.88. The summed E-state index contributed by atoms with van der Waals surface area (Å²) in [6.07, 6.45) is 5.40. The maximum absolute atomic E-state index is 11.7. The lowest BCUT2D eigenvalue weighted by Gasteiger charge is -2.12. The van der Waals surface area contributed by atoms with Crippen molar-refractivity contribution in [2.45, 2.75) is 51.6 Å². The van der Waals surface area contributed by atoms with E-state index in [0.717, 1.165) is 25.9 Å². The van der Waals surface area contributed by atoms with E-state index in [2.05, 4.69) is 41.8 Å². The fourth-order valence-electron chi connectivity index (χ4n) is 2.63. The molecule has 1 aliphatic rings. The summed E-state index contributed by atoms with van der Waals surface area (Å²) in [7, 11) is 0. The molecule has 1 saturated carbocycles. The number of carbonyl (C=O) groups is 1. The first-order valence-electron chi connectivity index (χ1n) is 7.29. The predicted molar refractivity (Wildman–Crippen MR) is 77.9 cm³/mol. The van der Waals surface area contributed by atoms with E-state index in [0.29, 0.717) is 12.5 Å². The van der Waals surface area contributed by atoms with Crippen LogP contribution in [0.5, 0.6) is 0 Å². The standard InChI is InChI=1S/C16H24N2O/c1-13-5-4-6-14(11-13)12-17-10-9-16(19)18-15-7-2-3-8-15/h4-6,11,15,17H,2-3,7-10,12H2,1H3,(H,18,19). The third-order valence-corrected chi connectivity index (χ3v) is 3.66. The number of hydrogen-bond donors (Lipinski definition) is 2. The Morgan fingerprint density at radius 3 is 2.84 bits per heavy atom. The van der Waals surface area contributed by atoms with E-state index in [1.165, 1.54) is 24.0 Å². The van der Waals surface area contributed by atoms with Crippen molar-refractivity contribution < 1.29 is 4.79 Å². The molecule has 1 amide bonds. The van der Waals surface area contributed by atoms with Gasteiger partial charge in [0.05, 0.1) is 0 Å². The molecule has 2 rings (SSSR count). The average molecular weight is 260 g/mol. The van der Waals surface area contributed by atoms with Crippen molar-refractivity contribution in [3.63, 3.8) is 0 Å². The Morgan fingerprint density at radius 2 is 2.11 bits per heavy atom. The molecule has 0 heterocycles. The minimum absolute atomic E-state index is 0.184. The van der Waals surface area contributed by atoms with Crippen molar-refractivity contribution in [2.75, 3.05) is 6.54 Å². The van der Waals surface area contributed by atoms with E-state index in [4.69, 9.17) is 0 Å². The van der Waals surface area contributed by atoms with Crippen LogP contribution in [0, 0.1) is 6.92 Å². The van der Waals surface area contributed by atoms with Crippen LogP contribution in [-0.2, 0) is 11.3 Å². The number of aryl methyl sites for hydroxylation is 1. The third-order valence-electron chi connectivity index (χ3n) is 3.66. The second kappa shape index (κ2) is 7.29. The van der Waals surface area contributed by atoms with E-state index in [9.17, 15) is 4.79 Å². The second-order valence-corrected chi connectivity index (χ2v) is 5.46. The van der Waals surface area contributed by atoms with Crippen molar-refractivity contribution in [1.82, 2.24) is 10.6 Å². The Bertz CT molecular complexity index is 411. The molecule has 0 aromatic heterocycles. The van der Waals surface area contributed by atoms with Gasteiger partial charge >= 0.3 is 0 Å². The van der Waals surface area contributed by atoms with Crippen LogP contribution in [0.15, 0.2) is 24.3 Å². The van der Waals surface area contributed by atoms with Crippen LogP contribution in [0.3, 0.4) is 0 Å². The summed E-state index contributed by atoms with van der Waals surface area (Å²) in [5.74, 6) is 0.184. The SMILES string of the molecule is Cc1cccc(CNCCC(=O)NC2CCCC2)c1. The molecule has 3 nitrogen and oxygen atoms in total. The fourth-order valence-corrected chi connectivity index (χ4v) is 2.63. The lowest BCUT2D eigenvalue weighted by molar-refractivity contribution is -0.121. The molecule has 1 fully saturated rings. The summed E-state index contributed by atoms with van der Waals surface area (Å²) in [5.41, 5.74) is 2.55. The van der Waals surface area contributed by atoms with Gasteiger partial charge < -0.3 is 10.6 Å². The molecule has 2 N–H and O–H groups in total. The fraction of sp³-hybridized carbons (Fsp3) is 0.562. The summed E-state index contributed by atoms with van der Waals surface area (Å²) in [6.45, 7) is 3.67. The molecule has 0 radical (unpaired) electrons. The monoisotopic (exact) mass is 260 g/mol. The van der Waals surface area contributed by atoms with Gasteiger partial charge in [-0.3, -0.25) is 4.79 Å². The molecule has 1 aliphatic carbocycles. The van der Waals surface area contributed by atoms with Crippen LogP contribution in [0.25, 0.3) is 0 Å². The molecule has 0 bridgehead atoms. The van der Waals surface area contributed by atoms with Gasteiger partial charge in [-0.25, -0.2) is 0 Å². The maximum atomic E-state index is 11.7. The van der Waals surface area contributed by atoms with Crippen LogP contribution in [-0.4, -0.2) is 18.5 Å². The van der Waals surface area contributed by atoms with Gasteiger partial charge in [0.25, 0.3) is 0 Å². The highest BCUT2D eigenvalue weighted by atomic mass is 16.1. The molecule has 1 aromatic carbocycles. The molecule has 0 spiro atoms. The normalized spacial score (nSPS) is 15.6. The first kappa shape index (κ1) is 14.1. The Balaban J connectivity index is 1.59. The second-order valence-electron chi connectivity index (χ2n) is 5.46. The van der Waals surface area contributed by atoms with Crippen LogP contribution in [0.1, 0.15) is 43.2 Å². The van der Waals surface area contributed by atoms with E-state index in [1.807, 2.05) is 0 Å². The number of carbonyl (C=O) groups excluding carboxylic acids is 1. The van der Waals surface area contributed by atoms with Gasteiger partial charge in [0.15, 0.2) is 0 Å². The Hall–Kier alpha value is -1.35. The van der Waals surface area contributed by atoms with Gasteiger partial charge in [-0.15, -0.1) is 0 Å². The number of nitrogens with one attached hydrogen (secondary N) is 2. The van der Waals surface area contributed by atoms with Crippen LogP contribution in [0.2, 0.25) is 0 Å². The topological polar surface area (TPSA) is 41.1 Å². The number of amides is 1. The van der Waals surface area contributed by atoms with E-state index >= 15 is 0 Å².